The molecule has 6 nitrogen and oxygen atoms in total. The van der Waals surface area contributed by atoms with Crippen molar-refractivity contribution >= 4 is 63.6 Å². The molecule has 0 amide bonds. The van der Waals surface area contributed by atoms with Gasteiger partial charge in [-0.3, -0.25) is 4.98 Å². The van der Waals surface area contributed by atoms with Gasteiger partial charge in [-0.05, 0) is 83.0 Å². The minimum absolute atomic E-state index is 0.660. The maximum atomic E-state index is 5.14. The van der Waals surface area contributed by atoms with E-state index in [0.29, 0.717) is 5.82 Å². The fraction of sp³-hybridized carbons (Fsp3) is 0. The Morgan fingerprint density at radius 2 is 0.980 bits per heavy atom. The average Bonchev–Trinajstić information content (AvgIpc) is 3.85. The molecule has 0 saturated carbocycles. The van der Waals surface area contributed by atoms with Crippen LogP contribution in [-0.2, 0) is 0 Å². The highest BCUT2D eigenvalue weighted by Crippen LogP contribution is 2.36. The first-order valence-electron chi connectivity index (χ1n) is 17.2. The highest BCUT2D eigenvalue weighted by molar-refractivity contribution is 6.72. The van der Waals surface area contributed by atoms with Crippen LogP contribution in [0.25, 0.3) is 88.9 Å². The zero-order chi connectivity index (χ0) is 33.5. The molecular weight excluding hydrogens is 641 g/mol. The summed E-state index contributed by atoms with van der Waals surface area (Å²) in [5, 5.41) is 16.5. The maximum Gasteiger partial charge on any atom is 0.181 e. The Balaban J connectivity index is 0.959. The minimum Gasteiger partial charge on any atom is -0.309 e. The molecule has 0 N–H and O–H groups in total. The van der Waals surface area contributed by atoms with Crippen LogP contribution in [0.4, 0.5) is 0 Å². The maximum absolute atomic E-state index is 5.14. The third-order valence-corrected chi connectivity index (χ3v) is 12.0. The molecule has 0 atom stereocenters. The number of benzene rings is 6. The molecule has 5 heterocycles. The summed E-state index contributed by atoms with van der Waals surface area (Å²) in [6.45, 7) is 0. The van der Waals surface area contributed by atoms with Crippen molar-refractivity contribution in [3.63, 3.8) is 0 Å². The van der Waals surface area contributed by atoms with E-state index in [1.807, 2.05) is 6.20 Å². The van der Waals surface area contributed by atoms with Gasteiger partial charge in [0.25, 0.3) is 0 Å². The lowest BCUT2D eigenvalue weighted by Crippen LogP contribution is -2.25. The summed E-state index contributed by atoms with van der Waals surface area (Å²) in [5.41, 5.74) is 12.0. The molecule has 10 aromatic rings. The van der Waals surface area contributed by atoms with Gasteiger partial charge in [0.05, 0.1) is 33.1 Å². The van der Waals surface area contributed by atoms with Crippen LogP contribution >= 0.6 is 0 Å². The summed E-state index contributed by atoms with van der Waals surface area (Å²) in [6.07, 6.45) is 1.98. The largest absolute Gasteiger partial charge is 0.309 e. The third kappa shape index (κ3) is 4.28. The van der Waals surface area contributed by atoms with Crippen LogP contribution in [0, 0.1) is 0 Å². The molecule has 4 aromatic heterocycles. The van der Waals surface area contributed by atoms with E-state index < -0.39 is 9.52 Å². The van der Waals surface area contributed by atoms with Crippen LogP contribution in [0.15, 0.2) is 158 Å². The molecule has 238 valence electrons. The normalized spacial score (nSPS) is 12.7. The SMILES string of the molecule is c1ccc(-n2c3ccccc3c3cc(-c4cnc5c(c4)[SiH2]c4nc(-c6ccc7c(c6)c6ccccc6n7-c6ccccc6)nnc4-5)ccc32)cc1. The highest BCUT2D eigenvalue weighted by atomic mass is 28.2. The predicted octanol–water partition coefficient (Wildman–Crippen LogP) is 7.89. The topological polar surface area (TPSA) is 61.4 Å². The van der Waals surface area contributed by atoms with Crippen molar-refractivity contribution in [2.24, 2.45) is 0 Å². The highest BCUT2D eigenvalue weighted by Gasteiger charge is 2.26. The molecule has 51 heavy (non-hydrogen) atoms. The summed E-state index contributed by atoms with van der Waals surface area (Å²) in [4.78, 5) is 10.1. The molecule has 0 fully saturated rings. The van der Waals surface area contributed by atoms with Crippen molar-refractivity contribution < 1.29 is 0 Å². The zero-order valence-electron chi connectivity index (χ0n) is 27.4. The van der Waals surface area contributed by atoms with E-state index in [1.165, 1.54) is 43.3 Å². The molecule has 0 aliphatic carbocycles. The molecule has 0 spiro atoms. The van der Waals surface area contributed by atoms with Crippen molar-refractivity contribution in [2.75, 3.05) is 0 Å². The van der Waals surface area contributed by atoms with E-state index in [0.717, 1.165) is 50.3 Å². The van der Waals surface area contributed by atoms with Crippen LogP contribution in [0.3, 0.4) is 0 Å². The van der Waals surface area contributed by atoms with E-state index in [9.17, 15) is 0 Å². The first-order valence-corrected chi connectivity index (χ1v) is 18.6. The Hall–Kier alpha value is -6.70. The summed E-state index contributed by atoms with van der Waals surface area (Å²) in [7, 11) is -0.908. The second-order valence-electron chi connectivity index (χ2n) is 13.2. The number of hydrogen-bond donors (Lipinski definition) is 0. The molecule has 1 aliphatic heterocycles. The number of hydrogen-bond acceptors (Lipinski definition) is 4. The monoisotopic (exact) mass is 668 g/mol. The molecule has 0 unspecified atom stereocenters. The summed E-state index contributed by atoms with van der Waals surface area (Å²) in [5.74, 6) is 0.660. The first-order chi connectivity index (χ1) is 25.3. The van der Waals surface area contributed by atoms with Gasteiger partial charge in [0, 0.05) is 44.7 Å². The lowest BCUT2D eigenvalue weighted by atomic mass is 10.0. The van der Waals surface area contributed by atoms with Crippen molar-refractivity contribution in [3.8, 4) is 45.3 Å². The van der Waals surface area contributed by atoms with E-state index in [-0.39, 0.29) is 0 Å². The summed E-state index contributed by atoms with van der Waals surface area (Å²) in [6, 6.07) is 53.9. The molecule has 0 saturated heterocycles. The first kappa shape index (κ1) is 28.2. The fourth-order valence-corrected chi connectivity index (χ4v) is 9.70. The average molecular weight is 669 g/mol. The lowest BCUT2D eigenvalue weighted by molar-refractivity contribution is 1.00. The standard InChI is InChI=1S/C44H28N6Si/c1-3-11-30(12-4-1)49-36-17-9-7-15-32(36)34-23-27(19-21-38(34)49)29-25-40-41(45-26-29)42-44(51-40)46-43(48-47-42)28-20-22-39-35(24-28)33-16-8-10-18-37(33)50(39)31-13-5-2-6-14-31/h1-26H,51H2. The van der Waals surface area contributed by atoms with E-state index in [2.05, 4.69) is 166 Å². The van der Waals surface area contributed by atoms with Crippen LogP contribution in [0.2, 0.25) is 0 Å². The van der Waals surface area contributed by atoms with Gasteiger partial charge in [-0.1, -0.05) is 84.9 Å². The molecule has 1 aliphatic rings. The van der Waals surface area contributed by atoms with Crippen LogP contribution in [0.5, 0.6) is 0 Å². The van der Waals surface area contributed by atoms with Crippen molar-refractivity contribution in [1.29, 1.82) is 0 Å². The Morgan fingerprint density at radius 1 is 0.431 bits per heavy atom. The Labute approximate surface area is 295 Å². The number of fused-ring (bicyclic) bond motifs is 9. The molecule has 0 radical (unpaired) electrons. The number of pyridine rings is 1. The van der Waals surface area contributed by atoms with Crippen molar-refractivity contribution in [1.82, 2.24) is 29.3 Å². The zero-order valence-corrected chi connectivity index (χ0v) is 28.8. The second-order valence-corrected chi connectivity index (χ2v) is 15.0. The fourth-order valence-electron chi connectivity index (χ4n) is 7.96. The van der Waals surface area contributed by atoms with Crippen molar-refractivity contribution in [2.45, 2.75) is 0 Å². The van der Waals surface area contributed by atoms with Gasteiger partial charge >= 0.3 is 0 Å². The smallest absolute Gasteiger partial charge is 0.181 e. The van der Waals surface area contributed by atoms with E-state index in [4.69, 9.17) is 15.1 Å². The Morgan fingerprint density at radius 3 is 1.63 bits per heavy atom. The lowest BCUT2D eigenvalue weighted by Gasteiger charge is -2.08. The summed E-state index contributed by atoms with van der Waals surface area (Å²) < 4.78 is 4.67. The number of rotatable bonds is 4. The number of aromatic nitrogens is 6. The quantitative estimate of drug-likeness (QED) is 0.179. The van der Waals surface area contributed by atoms with Crippen LogP contribution < -0.4 is 10.5 Å². The number of nitrogens with zero attached hydrogens (tertiary/aromatic N) is 6. The Kier molecular flexibility index (Phi) is 6.02. The Bertz CT molecular complexity index is 2800. The van der Waals surface area contributed by atoms with Gasteiger partial charge < -0.3 is 9.13 Å². The van der Waals surface area contributed by atoms with E-state index >= 15 is 0 Å². The second kappa shape index (κ2) is 10.9. The third-order valence-electron chi connectivity index (χ3n) is 10.3. The molecular formula is C44H28N6Si. The molecule has 7 heteroatoms. The van der Waals surface area contributed by atoms with Gasteiger partial charge in [0.15, 0.2) is 5.82 Å². The van der Waals surface area contributed by atoms with Gasteiger partial charge in [-0.15, -0.1) is 10.2 Å². The van der Waals surface area contributed by atoms with Gasteiger partial charge in [0.1, 0.15) is 15.2 Å². The van der Waals surface area contributed by atoms with Gasteiger partial charge in [0.2, 0.25) is 0 Å². The number of para-hydroxylation sites is 4. The molecule has 11 rings (SSSR count). The molecule has 6 aromatic carbocycles. The molecule has 0 bridgehead atoms. The van der Waals surface area contributed by atoms with E-state index in [1.54, 1.807) is 0 Å². The van der Waals surface area contributed by atoms with Crippen molar-refractivity contribution in [3.05, 3.63) is 158 Å². The minimum atomic E-state index is -0.908. The summed E-state index contributed by atoms with van der Waals surface area (Å²) >= 11 is 0. The van der Waals surface area contributed by atoms with Crippen LogP contribution in [0.1, 0.15) is 0 Å². The van der Waals surface area contributed by atoms with Gasteiger partial charge in [-0.2, -0.15) is 0 Å². The van der Waals surface area contributed by atoms with Crippen LogP contribution in [-0.4, -0.2) is 38.8 Å². The predicted molar refractivity (Wildman–Crippen MR) is 210 cm³/mol. The van der Waals surface area contributed by atoms with Gasteiger partial charge in [-0.25, -0.2) is 4.98 Å².